The number of thioether (sulfide) groups is 2. The predicted octanol–water partition coefficient (Wildman–Crippen LogP) is 3.63. The highest BCUT2D eigenvalue weighted by molar-refractivity contribution is 8.03. The highest BCUT2D eigenvalue weighted by Crippen LogP contribution is 2.29. The van der Waals surface area contributed by atoms with E-state index in [0.717, 1.165) is 14.4 Å². The first kappa shape index (κ1) is 15.3. The average Bonchev–Trinajstić information content (AvgIpc) is 2.93. The van der Waals surface area contributed by atoms with Crippen LogP contribution in [-0.4, -0.2) is 34.6 Å². The number of ether oxygens (including phenoxy) is 1. The molecule has 0 saturated heterocycles. The molecule has 0 aliphatic carbocycles. The van der Waals surface area contributed by atoms with Crippen LogP contribution in [0.2, 0.25) is 0 Å². The molecular weight excluding hydrogens is 312 g/mol. The molecule has 106 valence electrons. The Balaban J connectivity index is 1.93. The van der Waals surface area contributed by atoms with Gasteiger partial charge in [0.05, 0.1) is 12.9 Å². The summed E-state index contributed by atoms with van der Waals surface area (Å²) in [4.78, 5) is 12.1. The minimum atomic E-state index is 0.0637. The Labute approximate surface area is 130 Å². The fraction of sp³-hybridized carbons (Fsp3) is 0.308. The fourth-order valence-electron chi connectivity index (χ4n) is 1.44. The molecule has 0 saturated carbocycles. The van der Waals surface area contributed by atoms with Crippen molar-refractivity contribution in [1.82, 2.24) is 10.2 Å². The Hall–Kier alpha value is -1.05. The van der Waals surface area contributed by atoms with Crippen LogP contribution in [0.5, 0.6) is 5.75 Å². The minimum Gasteiger partial charge on any atom is -0.497 e. The van der Waals surface area contributed by atoms with Crippen LogP contribution < -0.4 is 4.74 Å². The lowest BCUT2D eigenvalue weighted by atomic mass is 10.1. The molecule has 2 rings (SSSR count). The molecular formula is C13H14N2O2S3. The fourth-order valence-corrected chi connectivity index (χ4v) is 4.26. The lowest BCUT2D eigenvalue weighted by Crippen LogP contribution is -2.02. The second kappa shape index (κ2) is 7.66. The van der Waals surface area contributed by atoms with Crippen LogP contribution >= 0.6 is 34.9 Å². The van der Waals surface area contributed by atoms with Gasteiger partial charge in [0.15, 0.2) is 14.5 Å². The SMILES string of the molecule is CCSc1nnc(SCC(=O)c2cccc(OC)c2)s1. The summed E-state index contributed by atoms with van der Waals surface area (Å²) in [6, 6.07) is 7.19. The molecule has 0 aliphatic heterocycles. The lowest BCUT2D eigenvalue weighted by molar-refractivity contribution is 0.102. The molecule has 0 spiro atoms. The summed E-state index contributed by atoms with van der Waals surface area (Å²) in [6.07, 6.45) is 0. The van der Waals surface area contributed by atoms with Gasteiger partial charge in [-0.3, -0.25) is 4.79 Å². The van der Waals surface area contributed by atoms with Gasteiger partial charge < -0.3 is 4.74 Å². The second-order valence-electron chi connectivity index (χ2n) is 3.71. The van der Waals surface area contributed by atoms with Crippen LogP contribution in [0.1, 0.15) is 17.3 Å². The van der Waals surface area contributed by atoms with Crippen molar-refractivity contribution in [3.8, 4) is 5.75 Å². The molecule has 1 aromatic heterocycles. The second-order valence-corrected chi connectivity index (χ2v) is 7.42. The number of rotatable bonds is 7. The quantitative estimate of drug-likeness (QED) is 0.572. The lowest BCUT2D eigenvalue weighted by Gasteiger charge is -2.02. The van der Waals surface area contributed by atoms with Gasteiger partial charge in [0, 0.05) is 5.56 Å². The van der Waals surface area contributed by atoms with E-state index in [-0.39, 0.29) is 5.78 Å². The third-order valence-corrected chi connectivity index (χ3v) is 5.45. The largest absolute Gasteiger partial charge is 0.497 e. The number of carbonyl (C=O) groups excluding carboxylic acids is 1. The van der Waals surface area contributed by atoms with Gasteiger partial charge in [-0.05, 0) is 17.9 Å². The van der Waals surface area contributed by atoms with Gasteiger partial charge in [0.25, 0.3) is 0 Å². The smallest absolute Gasteiger partial charge is 0.175 e. The maximum absolute atomic E-state index is 12.1. The van der Waals surface area contributed by atoms with Crippen LogP contribution in [-0.2, 0) is 0 Å². The highest BCUT2D eigenvalue weighted by atomic mass is 32.2. The molecule has 0 atom stereocenters. The Morgan fingerprint density at radius 1 is 1.30 bits per heavy atom. The summed E-state index contributed by atoms with van der Waals surface area (Å²) >= 11 is 4.62. The molecule has 7 heteroatoms. The molecule has 4 nitrogen and oxygen atoms in total. The Bertz CT molecular complexity index is 587. The molecule has 0 amide bonds. The zero-order valence-corrected chi connectivity index (χ0v) is 13.6. The van der Waals surface area contributed by atoms with Crippen molar-refractivity contribution in [3.63, 3.8) is 0 Å². The Kier molecular flexibility index (Phi) is 5.87. The third kappa shape index (κ3) is 4.22. The summed E-state index contributed by atoms with van der Waals surface area (Å²) < 4.78 is 6.89. The molecule has 2 aromatic rings. The summed E-state index contributed by atoms with van der Waals surface area (Å²) in [7, 11) is 1.59. The summed E-state index contributed by atoms with van der Waals surface area (Å²) in [5.74, 6) is 2.09. The topological polar surface area (TPSA) is 52.1 Å². The molecule has 20 heavy (non-hydrogen) atoms. The van der Waals surface area contributed by atoms with E-state index in [0.29, 0.717) is 17.1 Å². The number of aromatic nitrogens is 2. The van der Waals surface area contributed by atoms with Gasteiger partial charge in [-0.1, -0.05) is 53.9 Å². The summed E-state index contributed by atoms with van der Waals surface area (Å²) in [5, 5.41) is 8.13. The van der Waals surface area contributed by atoms with Crippen LogP contribution in [0.3, 0.4) is 0 Å². The van der Waals surface area contributed by atoms with Crippen molar-refractivity contribution in [3.05, 3.63) is 29.8 Å². The number of carbonyl (C=O) groups is 1. The average molecular weight is 326 g/mol. The molecule has 1 heterocycles. The standard InChI is InChI=1S/C13H14N2O2S3/c1-3-18-12-14-15-13(20-12)19-8-11(16)9-5-4-6-10(7-9)17-2/h4-7H,3,8H2,1-2H3. The first-order valence-electron chi connectivity index (χ1n) is 5.99. The van der Waals surface area contributed by atoms with E-state index in [2.05, 4.69) is 17.1 Å². The monoisotopic (exact) mass is 326 g/mol. The highest BCUT2D eigenvalue weighted by Gasteiger charge is 2.10. The molecule has 0 radical (unpaired) electrons. The normalized spacial score (nSPS) is 10.5. The maximum atomic E-state index is 12.1. The zero-order chi connectivity index (χ0) is 14.4. The number of ketones is 1. The van der Waals surface area contributed by atoms with Gasteiger partial charge >= 0.3 is 0 Å². The minimum absolute atomic E-state index is 0.0637. The van der Waals surface area contributed by atoms with Gasteiger partial charge in [-0.2, -0.15) is 0 Å². The molecule has 0 fully saturated rings. The number of hydrogen-bond acceptors (Lipinski definition) is 7. The van der Waals surface area contributed by atoms with Crippen LogP contribution in [0.4, 0.5) is 0 Å². The van der Waals surface area contributed by atoms with E-state index in [1.54, 1.807) is 31.0 Å². The zero-order valence-electron chi connectivity index (χ0n) is 11.2. The van der Waals surface area contributed by atoms with Crippen molar-refractivity contribution in [2.24, 2.45) is 0 Å². The molecule has 0 bridgehead atoms. The van der Waals surface area contributed by atoms with E-state index >= 15 is 0 Å². The first-order chi connectivity index (χ1) is 9.72. The number of benzene rings is 1. The maximum Gasteiger partial charge on any atom is 0.175 e. The van der Waals surface area contributed by atoms with E-state index in [1.807, 2.05) is 12.1 Å². The molecule has 0 N–H and O–H groups in total. The number of Topliss-reactive ketones (excluding diaryl/α,β-unsaturated/α-hetero) is 1. The molecule has 0 aliphatic rings. The van der Waals surface area contributed by atoms with Gasteiger partial charge in [0.1, 0.15) is 5.75 Å². The van der Waals surface area contributed by atoms with Crippen molar-refractivity contribution in [2.75, 3.05) is 18.6 Å². The van der Waals surface area contributed by atoms with Gasteiger partial charge in [0.2, 0.25) is 0 Å². The van der Waals surface area contributed by atoms with Crippen molar-refractivity contribution < 1.29 is 9.53 Å². The molecule has 1 aromatic carbocycles. The predicted molar refractivity (Wildman–Crippen MR) is 84.4 cm³/mol. The van der Waals surface area contributed by atoms with Gasteiger partial charge in [-0.15, -0.1) is 10.2 Å². The van der Waals surface area contributed by atoms with E-state index in [4.69, 9.17) is 4.74 Å². The van der Waals surface area contributed by atoms with Crippen LogP contribution in [0.15, 0.2) is 32.9 Å². The Morgan fingerprint density at radius 3 is 2.75 bits per heavy atom. The van der Waals surface area contributed by atoms with Gasteiger partial charge in [-0.25, -0.2) is 0 Å². The van der Waals surface area contributed by atoms with E-state index < -0.39 is 0 Å². The van der Waals surface area contributed by atoms with Crippen LogP contribution in [0, 0.1) is 0 Å². The van der Waals surface area contributed by atoms with Crippen molar-refractivity contribution >= 4 is 40.6 Å². The summed E-state index contributed by atoms with van der Waals surface area (Å²) in [5.41, 5.74) is 0.657. The summed E-state index contributed by atoms with van der Waals surface area (Å²) in [6.45, 7) is 2.07. The number of hydrogen-bond donors (Lipinski definition) is 0. The van der Waals surface area contributed by atoms with Crippen molar-refractivity contribution in [2.45, 2.75) is 15.6 Å². The third-order valence-electron chi connectivity index (χ3n) is 2.37. The number of methoxy groups -OCH3 is 1. The van der Waals surface area contributed by atoms with E-state index in [1.165, 1.54) is 23.1 Å². The molecule has 0 unspecified atom stereocenters. The Morgan fingerprint density at radius 2 is 2.05 bits per heavy atom. The van der Waals surface area contributed by atoms with Crippen LogP contribution in [0.25, 0.3) is 0 Å². The van der Waals surface area contributed by atoms with Crippen molar-refractivity contribution in [1.29, 1.82) is 0 Å². The first-order valence-corrected chi connectivity index (χ1v) is 8.78. The number of nitrogens with zero attached hydrogens (tertiary/aromatic N) is 2. The van der Waals surface area contributed by atoms with E-state index in [9.17, 15) is 4.79 Å².